The second-order valence-electron chi connectivity index (χ2n) is 3.33. The standard InChI is InChI=1S/C10H17ClN2S/c1-9(3-4-11)14-8-7-13-6-5-12-10(13)2/h5-6,9H,3-4,7-8H2,1-2H3. The monoisotopic (exact) mass is 232 g/mol. The van der Waals surface area contributed by atoms with Crippen LogP contribution < -0.4 is 0 Å². The van der Waals surface area contributed by atoms with E-state index in [1.165, 1.54) is 0 Å². The molecule has 0 aliphatic heterocycles. The summed E-state index contributed by atoms with van der Waals surface area (Å²) in [5.41, 5.74) is 0. The van der Waals surface area contributed by atoms with E-state index in [-0.39, 0.29) is 0 Å². The average molecular weight is 233 g/mol. The van der Waals surface area contributed by atoms with E-state index in [9.17, 15) is 0 Å². The molecule has 0 saturated carbocycles. The minimum atomic E-state index is 0.663. The molecule has 0 fully saturated rings. The first-order chi connectivity index (χ1) is 6.74. The van der Waals surface area contributed by atoms with E-state index in [4.69, 9.17) is 11.6 Å². The SMILES string of the molecule is Cc1nccn1CCSC(C)CCCl. The number of halogens is 1. The molecule has 0 amide bonds. The average Bonchev–Trinajstić information content (AvgIpc) is 2.52. The molecule has 1 aromatic rings. The van der Waals surface area contributed by atoms with Gasteiger partial charge in [-0.15, -0.1) is 11.6 Å². The van der Waals surface area contributed by atoms with Gasteiger partial charge in [-0.1, -0.05) is 6.92 Å². The van der Waals surface area contributed by atoms with E-state index in [0.29, 0.717) is 5.25 Å². The first-order valence-corrected chi connectivity index (χ1v) is 6.47. The van der Waals surface area contributed by atoms with Crippen molar-refractivity contribution in [2.45, 2.75) is 32.1 Å². The van der Waals surface area contributed by atoms with Crippen molar-refractivity contribution in [2.75, 3.05) is 11.6 Å². The second kappa shape index (κ2) is 6.36. The molecule has 0 aliphatic rings. The van der Waals surface area contributed by atoms with Crippen LogP contribution in [0.4, 0.5) is 0 Å². The zero-order valence-electron chi connectivity index (χ0n) is 8.74. The van der Waals surface area contributed by atoms with E-state index in [2.05, 4.69) is 16.5 Å². The van der Waals surface area contributed by atoms with Gasteiger partial charge in [0.25, 0.3) is 0 Å². The fraction of sp³-hybridized carbons (Fsp3) is 0.700. The molecule has 1 heterocycles. The summed E-state index contributed by atoms with van der Waals surface area (Å²) in [6.45, 7) is 5.31. The van der Waals surface area contributed by atoms with Gasteiger partial charge >= 0.3 is 0 Å². The van der Waals surface area contributed by atoms with Crippen LogP contribution in [-0.2, 0) is 6.54 Å². The Hall–Kier alpha value is -0.150. The van der Waals surface area contributed by atoms with Gasteiger partial charge in [-0.05, 0) is 13.3 Å². The van der Waals surface area contributed by atoms with Crippen molar-refractivity contribution in [3.8, 4) is 0 Å². The van der Waals surface area contributed by atoms with Crippen molar-refractivity contribution in [2.24, 2.45) is 0 Å². The molecule has 0 bridgehead atoms. The van der Waals surface area contributed by atoms with Crippen LogP contribution in [0.2, 0.25) is 0 Å². The van der Waals surface area contributed by atoms with Crippen LogP contribution in [-0.4, -0.2) is 26.4 Å². The summed E-state index contributed by atoms with van der Waals surface area (Å²) in [7, 11) is 0. The maximum absolute atomic E-state index is 5.67. The van der Waals surface area contributed by atoms with E-state index in [0.717, 1.165) is 30.4 Å². The second-order valence-corrected chi connectivity index (χ2v) is 5.25. The summed E-state index contributed by atoms with van der Waals surface area (Å²) >= 11 is 7.65. The lowest BCUT2D eigenvalue weighted by molar-refractivity contribution is 0.735. The van der Waals surface area contributed by atoms with Crippen molar-refractivity contribution in [1.29, 1.82) is 0 Å². The van der Waals surface area contributed by atoms with Crippen LogP contribution in [0.5, 0.6) is 0 Å². The first-order valence-electron chi connectivity index (χ1n) is 4.89. The Morgan fingerprint density at radius 3 is 3.00 bits per heavy atom. The lowest BCUT2D eigenvalue weighted by atomic mass is 10.4. The number of aromatic nitrogens is 2. The summed E-state index contributed by atoms with van der Waals surface area (Å²) in [5.74, 6) is 2.99. The highest BCUT2D eigenvalue weighted by molar-refractivity contribution is 7.99. The Kier molecular flexibility index (Phi) is 5.41. The quantitative estimate of drug-likeness (QED) is 0.702. The van der Waals surface area contributed by atoms with Gasteiger partial charge in [0.1, 0.15) is 5.82 Å². The van der Waals surface area contributed by atoms with Gasteiger partial charge in [0, 0.05) is 35.8 Å². The fourth-order valence-electron chi connectivity index (χ4n) is 1.23. The number of imidazole rings is 1. The Labute approximate surface area is 95.1 Å². The van der Waals surface area contributed by atoms with Gasteiger partial charge in [0.2, 0.25) is 0 Å². The van der Waals surface area contributed by atoms with Crippen molar-refractivity contribution in [3.05, 3.63) is 18.2 Å². The van der Waals surface area contributed by atoms with Crippen LogP contribution in [0.25, 0.3) is 0 Å². The van der Waals surface area contributed by atoms with Crippen molar-refractivity contribution in [3.63, 3.8) is 0 Å². The molecule has 0 spiro atoms. The minimum absolute atomic E-state index is 0.663. The van der Waals surface area contributed by atoms with Gasteiger partial charge in [-0.3, -0.25) is 0 Å². The highest BCUT2D eigenvalue weighted by Gasteiger charge is 2.02. The molecule has 0 saturated heterocycles. The van der Waals surface area contributed by atoms with Crippen LogP contribution in [0.15, 0.2) is 12.4 Å². The molecule has 4 heteroatoms. The van der Waals surface area contributed by atoms with Crippen LogP contribution in [0.1, 0.15) is 19.2 Å². The summed E-state index contributed by atoms with van der Waals surface area (Å²) in [4.78, 5) is 4.18. The van der Waals surface area contributed by atoms with Gasteiger partial charge < -0.3 is 4.57 Å². The van der Waals surface area contributed by atoms with Crippen LogP contribution in [0.3, 0.4) is 0 Å². The van der Waals surface area contributed by atoms with Crippen molar-refractivity contribution >= 4 is 23.4 Å². The normalized spacial score (nSPS) is 13.1. The molecule has 1 rings (SSSR count). The van der Waals surface area contributed by atoms with E-state index in [1.807, 2.05) is 31.1 Å². The Morgan fingerprint density at radius 2 is 2.43 bits per heavy atom. The van der Waals surface area contributed by atoms with Crippen molar-refractivity contribution < 1.29 is 0 Å². The summed E-state index contributed by atoms with van der Waals surface area (Å²) in [5, 5.41) is 0.663. The van der Waals surface area contributed by atoms with Gasteiger partial charge in [-0.25, -0.2) is 4.98 Å². The highest BCUT2D eigenvalue weighted by atomic mass is 35.5. The largest absolute Gasteiger partial charge is 0.334 e. The van der Waals surface area contributed by atoms with Gasteiger partial charge in [0.05, 0.1) is 0 Å². The topological polar surface area (TPSA) is 17.8 Å². The van der Waals surface area contributed by atoms with E-state index in [1.54, 1.807) is 0 Å². The number of nitrogens with zero attached hydrogens (tertiary/aromatic N) is 2. The zero-order valence-corrected chi connectivity index (χ0v) is 10.3. The lowest BCUT2D eigenvalue weighted by Gasteiger charge is -2.09. The Morgan fingerprint density at radius 1 is 1.64 bits per heavy atom. The molecule has 0 aliphatic carbocycles. The maximum Gasteiger partial charge on any atom is 0.105 e. The molecule has 14 heavy (non-hydrogen) atoms. The van der Waals surface area contributed by atoms with Crippen molar-refractivity contribution in [1.82, 2.24) is 9.55 Å². The van der Waals surface area contributed by atoms with Gasteiger partial charge in [0.15, 0.2) is 0 Å². The summed E-state index contributed by atoms with van der Waals surface area (Å²) < 4.78 is 2.18. The highest BCUT2D eigenvalue weighted by Crippen LogP contribution is 2.15. The van der Waals surface area contributed by atoms with E-state index < -0.39 is 0 Å². The van der Waals surface area contributed by atoms with Gasteiger partial charge in [-0.2, -0.15) is 11.8 Å². The molecule has 1 unspecified atom stereocenters. The molecule has 0 radical (unpaired) electrons. The van der Waals surface area contributed by atoms with Crippen LogP contribution >= 0.6 is 23.4 Å². The third-order valence-electron chi connectivity index (χ3n) is 2.17. The predicted octanol–water partition coefficient (Wildman–Crippen LogP) is 2.94. The number of aryl methyl sites for hydroxylation is 2. The molecule has 0 aromatic carbocycles. The zero-order chi connectivity index (χ0) is 10.4. The predicted molar refractivity (Wildman–Crippen MR) is 64.2 cm³/mol. The number of rotatable bonds is 6. The molecule has 1 aromatic heterocycles. The molecular weight excluding hydrogens is 216 g/mol. The molecule has 0 N–H and O–H groups in total. The number of thioether (sulfide) groups is 1. The maximum atomic E-state index is 5.67. The summed E-state index contributed by atoms with van der Waals surface area (Å²) in [6.07, 6.45) is 4.97. The first kappa shape index (κ1) is 11.9. The smallest absolute Gasteiger partial charge is 0.105 e. The number of hydrogen-bond acceptors (Lipinski definition) is 2. The minimum Gasteiger partial charge on any atom is -0.334 e. The molecular formula is C10H17ClN2S. The lowest BCUT2D eigenvalue weighted by Crippen LogP contribution is -2.05. The third-order valence-corrected chi connectivity index (χ3v) is 3.62. The fourth-order valence-corrected chi connectivity index (χ4v) is 2.67. The molecule has 80 valence electrons. The third kappa shape index (κ3) is 3.93. The number of alkyl halides is 1. The summed E-state index contributed by atoms with van der Waals surface area (Å²) in [6, 6.07) is 0. The Bertz CT molecular complexity index is 262. The molecule has 1 atom stereocenters. The Balaban J connectivity index is 2.19. The van der Waals surface area contributed by atoms with E-state index >= 15 is 0 Å². The number of hydrogen-bond donors (Lipinski definition) is 0. The molecule has 2 nitrogen and oxygen atoms in total. The van der Waals surface area contributed by atoms with Crippen LogP contribution in [0, 0.1) is 6.92 Å².